The fourth-order valence-corrected chi connectivity index (χ4v) is 3.07. The molecule has 4 nitrogen and oxygen atoms in total. The Hall–Kier alpha value is -2.14. The van der Waals surface area contributed by atoms with Crippen molar-refractivity contribution < 1.29 is 14.7 Å². The molecule has 0 spiro atoms. The van der Waals surface area contributed by atoms with Gasteiger partial charge in [0.05, 0.1) is 18.4 Å². The summed E-state index contributed by atoms with van der Waals surface area (Å²) in [5, 5.41) is 13.0. The normalized spacial score (nSPS) is 20.0. The topological polar surface area (TPSA) is 57.6 Å². The van der Waals surface area contributed by atoms with E-state index in [1.165, 1.54) is 0 Å². The van der Waals surface area contributed by atoms with Crippen LogP contribution in [0, 0.1) is 11.8 Å². The predicted octanol–water partition coefficient (Wildman–Crippen LogP) is 3.00. The van der Waals surface area contributed by atoms with Crippen LogP contribution in [-0.2, 0) is 16.1 Å². The van der Waals surface area contributed by atoms with Crippen LogP contribution < -0.4 is 4.90 Å². The van der Waals surface area contributed by atoms with Crippen molar-refractivity contribution in [1.29, 1.82) is 0 Å². The van der Waals surface area contributed by atoms with Crippen molar-refractivity contribution in [3.05, 3.63) is 52.7 Å². The molecule has 108 valence electrons. The second-order valence-electron chi connectivity index (χ2n) is 5.18. The Kier molecular flexibility index (Phi) is 3.75. The van der Waals surface area contributed by atoms with Gasteiger partial charge in [0, 0.05) is 5.69 Å². The van der Waals surface area contributed by atoms with E-state index in [4.69, 9.17) is 5.11 Å². The molecule has 1 aliphatic carbocycles. The summed E-state index contributed by atoms with van der Waals surface area (Å²) in [6, 6.07) is 11.4. The number of carbonyl (C=O) groups excluding carboxylic acids is 1. The highest BCUT2D eigenvalue weighted by atomic mass is 32.1. The molecule has 1 heterocycles. The van der Waals surface area contributed by atoms with E-state index in [1.54, 1.807) is 16.2 Å². The average Bonchev–Trinajstić information content (AvgIpc) is 3.15. The lowest BCUT2D eigenvalue weighted by atomic mass is 10.2. The second kappa shape index (κ2) is 5.69. The maximum atomic E-state index is 12.6. The summed E-state index contributed by atoms with van der Waals surface area (Å²) in [6.07, 6.45) is 0.446. The zero-order chi connectivity index (χ0) is 14.8. The molecule has 21 heavy (non-hydrogen) atoms. The van der Waals surface area contributed by atoms with Crippen molar-refractivity contribution in [2.45, 2.75) is 13.0 Å². The van der Waals surface area contributed by atoms with Gasteiger partial charge in [0.2, 0.25) is 5.91 Å². The van der Waals surface area contributed by atoms with Gasteiger partial charge in [0.15, 0.2) is 0 Å². The number of nitrogens with zero attached hydrogens (tertiary/aromatic N) is 1. The predicted molar refractivity (Wildman–Crippen MR) is 81.2 cm³/mol. The SMILES string of the molecule is O=C(O)[C@@H]1C[C@H]1C(=O)N(Cc1ccsc1)c1ccccc1. The van der Waals surface area contributed by atoms with Gasteiger partial charge in [-0.2, -0.15) is 11.3 Å². The molecular weight excluding hydrogens is 286 g/mol. The first kappa shape index (κ1) is 13.8. The Labute approximate surface area is 126 Å². The minimum atomic E-state index is -0.878. The lowest BCUT2D eigenvalue weighted by Gasteiger charge is -2.22. The molecule has 1 N–H and O–H groups in total. The summed E-state index contributed by atoms with van der Waals surface area (Å²) >= 11 is 1.59. The van der Waals surface area contributed by atoms with Gasteiger partial charge in [-0.25, -0.2) is 0 Å². The average molecular weight is 301 g/mol. The highest BCUT2D eigenvalue weighted by Crippen LogP contribution is 2.41. The summed E-state index contributed by atoms with van der Waals surface area (Å²) in [6.45, 7) is 0.481. The number of carboxylic acid groups (broad SMARTS) is 1. The van der Waals surface area contributed by atoms with Gasteiger partial charge in [0.1, 0.15) is 0 Å². The molecule has 2 atom stereocenters. The number of amides is 1. The number of hydrogen-bond acceptors (Lipinski definition) is 3. The van der Waals surface area contributed by atoms with E-state index in [1.807, 2.05) is 47.2 Å². The molecule has 0 radical (unpaired) electrons. The largest absolute Gasteiger partial charge is 0.481 e. The van der Waals surface area contributed by atoms with Crippen LogP contribution in [-0.4, -0.2) is 17.0 Å². The van der Waals surface area contributed by atoms with Gasteiger partial charge in [0.25, 0.3) is 0 Å². The molecule has 5 heteroatoms. The Morgan fingerprint density at radius 3 is 2.52 bits per heavy atom. The maximum Gasteiger partial charge on any atom is 0.307 e. The smallest absolute Gasteiger partial charge is 0.307 e. The van der Waals surface area contributed by atoms with Crippen LogP contribution in [0.1, 0.15) is 12.0 Å². The molecule has 1 aliphatic rings. The van der Waals surface area contributed by atoms with E-state index >= 15 is 0 Å². The number of benzene rings is 1. The maximum absolute atomic E-state index is 12.6. The summed E-state index contributed by atoms with van der Waals surface area (Å²) in [7, 11) is 0. The van der Waals surface area contributed by atoms with Gasteiger partial charge in [-0.1, -0.05) is 18.2 Å². The summed E-state index contributed by atoms with van der Waals surface area (Å²) in [5.41, 5.74) is 1.87. The molecule has 3 rings (SSSR count). The quantitative estimate of drug-likeness (QED) is 0.923. The summed E-state index contributed by atoms with van der Waals surface area (Å²) in [4.78, 5) is 25.3. The first-order chi connectivity index (χ1) is 10.2. The fraction of sp³-hybridized carbons (Fsp3) is 0.250. The number of para-hydroxylation sites is 1. The van der Waals surface area contributed by atoms with E-state index in [2.05, 4.69) is 0 Å². The van der Waals surface area contributed by atoms with Crippen molar-refractivity contribution in [1.82, 2.24) is 0 Å². The highest BCUT2D eigenvalue weighted by molar-refractivity contribution is 7.07. The number of hydrogen-bond donors (Lipinski definition) is 1. The third-order valence-corrected chi connectivity index (χ3v) is 4.41. The number of anilines is 1. The van der Waals surface area contributed by atoms with Crippen LogP contribution >= 0.6 is 11.3 Å². The Morgan fingerprint density at radius 2 is 1.95 bits per heavy atom. The van der Waals surface area contributed by atoms with Crippen molar-refractivity contribution in [2.24, 2.45) is 11.8 Å². The molecule has 1 amide bonds. The standard InChI is InChI=1S/C16H15NO3S/c18-15(13-8-14(13)16(19)20)17(9-11-6-7-21-10-11)12-4-2-1-3-5-12/h1-7,10,13-14H,8-9H2,(H,19,20)/t13-,14-/m1/s1. The fourth-order valence-electron chi connectivity index (χ4n) is 2.41. The Morgan fingerprint density at radius 1 is 1.19 bits per heavy atom. The third kappa shape index (κ3) is 2.97. The van der Waals surface area contributed by atoms with Gasteiger partial charge >= 0.3 is 5.97 Å². The first-order valence-corrected chi connectivity index (χ1v) is 7.71. The van der Waals surface area contributed by atoms with E-state index < -0.39 is 11.9 Å². The van der Waals surface area contributed by atoms with Crippen molar-refractivity contribution in [2.75, 3.05) is 4.90 Å². The first-order valence-electron chi connectivity index (χ1n) is 6.77. The Bertz CT molecular complexity index is 639. The molecule has 1 aromatic heterocycles. The molecule has 1 saturated carbocycles. The van der Waals surface area contributed by atoms with E-state index in [0.29, 0.717) is 13.0 Å². The molecule has 0 saturated heterocycles. The minimum Gasteiger partial charge on any atom is -0.481 e. The molecule has 1 aromatic carbocycles. The molecule has 1 fully saturated rings. The van der Waals surface area contributed by atoms with E-state index in [-0.39, 0.29) is 11.8 Å². The van der Waals surface area contributed by atoms with Gasteiger partial charge in [-0.15, -0.1) is 0 Å². The summed E-state index contributed by atoms with van der Waals surface area (Å²) in [5.74, 6) is -1.88. The van der Waals surface area contributed by atoms with Gasteiger partial charge in [-0.05, 0) is 40.9 Å². The van der Waals surface area contributed by atoms with Crippen LogP contribution in [0.15, 0.2) is 47.2 Å². The van der Waals surface area contributed by atoms with Crippen LogP contribution in [0.25, 0.3) is 0 Å². The zero-order valence-electron chi connectivity index (χ0n) is 11.3. The van der Waals surface area contributed by atoms with E-state index in [0.717, 1.165) is 11.3 Å². The molecule has 2 aromatic rings. The molecule has 0 unspecified atom stereocenters. The van der Waals surface area contributed by atoms with Gasteiger partial charge in [-0.3, -0.25) is 9.59 Å². The van der Waals surface area contributed by atoms with Crippen molar-refractivity contribution in [3.63, 3.8) is 0 Å². The van der Waals surface area contributed by atoms with Gasteiger partial charge < -0.3 is 10.0 Å². The molecular formula is C16H15NO3S. The third-order valence-electron chi connectivity index (χ3n) is 3.68. The highest BCUT2D eigenvalue weighted by Gasteiger charge is 2.50. The number of carbonyl (C=O) groups is 2. The van der Waals surface area contributed by atoms with Crippen LogP contribution in [0.4, 0.5) is 5.69 Å². The van der Waals surface area contributed by atoms with Crippen LogP contribution in [0.2, 0.25) is 0 Å². The number of thiophene rings is 1. The van der Waals surface area contributed by atoms with Crippen LogP contribution in [0.3, 0.4) is 0 Å². The monoisotopic (exact) mass is 301 g/mol. The number of carboxylic acids is 1. The van der Waals surface area contributed by atoms with E-state index in [9.17, 15) is 9.59 Å². The van der Waals surface area contributed by atoms with Crippen molar-refractivity contribution >= 4 is 28.9 Å². The van der Waals surface area contributed by atoms with Crippen LogP contribution in [0.5, 0.6) is 0 Å². The molecule has 0 aliphatic heterocycles. The second-order valence-corrected chi connectivity index (χ2v) is 5.96. The lowest BCUT2D eigenvalue weighted by molar-refractivity contribution is -0.140. The molecule has 0 bridgehead atoms. The minimum absolute atomic E-state index is 0.0974. The summed E-state index contributed by atoms with van der Waals surface area (Å²) < 4.78 is 0. The Balaban J connectivity index is 1.83. The number of rotatable bonds is 5. The van der Waals surface area contributed by atoms with Crippen molar-refractivity contribution in [3.8, 4) is 0 Å². The zero-order valence-corrected chi connectivity index (χ0v) is 12.1. The number of aliphatic carboxylic acids is 1. The lowest BCUT2D eigenvalue weighted by Crippen LogP contribution is -2.32.